The van der Waals surface area contributed by atoms with Crippen molar-refractivity contribution in [3.8, 4) is 6.07 Å². The van der Waals surface area contributed by atoms with Gasteiger partial charge in [0.15, 0.2) is 0 Å². The predicted molar refractivity (Wildman–Crippen MR) is 77.6 cm³/mol. The Morgan fingerprint density at radius 1 is 1.05 bits per heavy atom. The lowest BCUT2D eigenvalue weighted by Gasteiger charge is -2.07. The Morgan fingerprint density at radius 3 is 2.55 bits per heavy atom. The van der Waals surface area contributed by atoms with Gasteiger partial charge in [-0.2, -0.15) is 5.26 Å². The maximum Gasteiger partial charge on any atom is 0.255 e. The minimum atomic E-state index is -0.107. The van der Waals surface area contributed by atoms with E-state index in [4.69, 9.17) is 5.26 Å². The van der Waals surface area contributed by atoms with Gasteiger partial charge in [0.05, 0.1) is 11.6 Å². The van der Waals surface area contributed by atoms with Crippen molar-refractivity contribution >= 4 is 11.6 Å². The summed E-state index contributed by atoms with van der Waals surface area (Å²) in [6, 6.07) is 14.8. The molecule has 0 unspecified atom stereocenters. The third-order valence-electron chi connectivity index (χ3n) is 3.63. The van der Waals surface area contributed by atoms with E-state index in [1.54, 1.807) is 24.3 Å². The number of carbonyl (C=O) groups excluding carboxylic acids is 1. The van der Waals surface area contributed by atoms with Crippen LogP contribution in [0.2, 0.25) is 0 Å². The number of aryl methyl sites for hydroxylation is 2. The van der Waals surface area contributed by atoms with Crippen LogP contribution in [-0.2, 0) is 12.8 Å². The first-order chi connectivity index (χ1) is 9.76. The number of hydrogen-bond donors (Lipinski definition) is 1. The average Bonchev–Trinajstić information content (AvgIpc) is 2.95. The van der Waals surface area contributed by atoms with Crippen LogP contribution < -0.4 is 5.32 Å². The molecule has 0 heterocycles. The van der Waals surface area contributed by atoms with Gasteiger partial charge in [-0.15, -0.1) is 0 Å². The van der Waals surface area contributed by atoms with Crippen molar-refractivity contribution in [2.24, 2.45) is 0 Å². The summed E-state index contributed by atoms with van der Waals surface area (Å²) in [6.45, 7) is 0. The highest BCUT2D eigenvalue weighted by Gasteiger charge is 2.13. The van der Waals surface area contributed by atoms with Crippen molar-refractivity contribution in [2.75, 3.05) is 5.32 Å². The Labute approximate surface area is 117 Å². The van der Waals surface area contributed by atoms with Crippen LogP contribution in [0.3, 0.4) is 0 Å². The van der Waals surface area contributed by atoms with E-state index in [2.05, 4.69) is 17.5 Å². The summed E-state index contributed by atoms with van der Waals surface area (Å²) in [6.07, 6.45) is 3.36. The van der Waals surface area contributed by atoms with E-state index in [-0.39, 0.29) is 5.91 Å². The minimum absolute atomic E-state index is 0.107. The number of fused-ring (bicyclic) bond motifs is 1. The van der Waals surface area contributed by atoms with Gasteiger partial charge >= 0.3 is 0 Å². The molecular weight excluding hydrogens is 248 g/mol. The summed E-state index contributed by atoms with van der Waals surface area (Å²) in [7, 11) is 0. The summed E-state index contributed by atoms with van der Waals surface area (Å²) in [4.78, 5) is 12.2. The van der Waals surface area contributed by atoms with E-state index in [1.807, 2.05) is 12.1 Å². The lowest BCUT2D eigenvalue weighted by atomic mass is 10.1. The van der Waals surface area contributed by atoms with Crippen molar-refractivity contribution in [1.82, 2.24) is 0 Å². The molecule has 0 bridgehead atoms. The molecule has 0 radical (unpaired) electrons. The van der Waals surface area contributed by atoms with Crippen LogP contribution in [0.15, 0.2) is 42.5 Å². The van der Waals surface area contributed by atoms with Crippen LogP contribution >= 0.6 is 0 Å². The molecular formula is C17H14N2O. The summed E-state index contributed by atoms with van der Waals surface area (Å²) in [5, 5.41) is 11.6. The van der Waals surface area contributed by atoms with Crippen LogP contribution in [0.4, 0.5) is 5.69 Å². The second-order valence-electron chi connectivity index (χ2n) is 4.98. The van der Waals surface area contributed by atoms with Crippen LogP contribution in [0.5, 0.6) is 0 Å². The van der Waals surface area contributed by atoms with E-state index < -0.39 is 0 Å². The summed E-state index contributed by atoms with van der Waals surface area (Å²) in [5.74, 6) is -0.107. The molecule has 1 aliphatic carbocycles. The molecule has 2 aromatic carbocycles. The zero-order valence-electron chi connectivity index (χ0n) is 11.0. The van der Waals surface area contributed by atoms with Crippen molar-refractivity contribution in [1.29, 1.82) is 5.26 Å². The van der Waals surface area contributed by atoms with E-state index in [9.17, 15) is 4.79 Å². The fourth-order valence-corrected chi connectivity index (χ4v) is 2.54. The van der Waals surface area contributed by atoms with Crippen molar-refractivity contribution in [2.45, 2.75) is 19.3 Å². The largest absolute Gasteiger partial charge is 0.322 e. The monoisotopic (exact) mass is 262 g/mol. The number of rotatable bonds is 2. The molecule has 1 amide bonds. The highest BCUT2D eigenvalue weighted by Crippen LogP contribution is 2.23. The summed E-state index contributed by atoms with van der Waals surface area (Å²) in [5.41, 5.74) is 4.63. The van der Waals surface area contributed by atoms with Crippen molar-refractivity contribution in [3.63, 3.8) is 0 Å². The topological polar surface area (TPSA) is 52.9 Å². The number of nitrogens with one attached hydrogen (secondary N) is 1. The van der Waals surface area contributed by atoms with Gasteiger partial charge in [-0.05, 0) is 66.8 Å². The third kappa shape index (κ3) is 2.41. The Morgan fingerprint density at radius 2 is 1.80 bits per heavy atom. The van der Waals surface area contributed by atoms with Gasteiger partial charge in [0, 0.05) is 11.3 Å². The molecule has 0 aliphatic heterocycles. The smallest absolute Gasteiger partial charge is 0.255 e. The Balaban J connectivity index is 1.77. The highest BCUT2D eigenvalue weighted by atomic mass is 16.1. The van der Waals surface area contributed by atoms with Crippen molar-refractivity contribution in [3.05, 3.63) is 64.7 Å². The maximum atomic E-state index is 12.2. The van der Waals surface area contributed by atoms with Gasteiger partial charge in [-0.1, -0.05) is 6.07 Å². The lowest BCUT2D eigenvalue weighted by molar-refractivity contribution is 0.102. The SMILES string of the molecule is N#Cc1ccc(NC(=O)c2ccc3c(c2)CCC3)cc1. The molecule has 0 saturated heterocycles. The second-order valence-corrected chi connectivity index (χ2v) is 4.98. The molecule has 3 heteroatoms. The fourth-order valence-electron chi connectivity index (χ4n) is 2.54. The molecule has 0 spiro atoms. The maximum absolute atomic E-state index is 12.2. The molecule has 0 atom stereocenters. The number of benzene rings is 2. The lowest BCUT2D eigenvalue weighted by Crippen LogP contribution is -2.12. The standard InChI is InChI=1S/C17H14N2O/c18-11-12-4-8-16(9-5-12)19-17(20)15-7-6-13-2-1-3-14(13)10-15/h4-10H,1-3H2,(H,19,20). The number of hydrogen-bond acceptors (Lipinski definition) is 2. The van der Waals surface area contributed by atoms with E-state index in [0.29, 0.717) is 16.8 Å². The van der Waals surface area contributed by atoms with E-state index >= 15 is 0 Å². The molecule has 1 aliphatic rings. The molecule has 2 aromatic rings. The van der Waals surface area contributed by atoms with E-state index in [0.717, 1.165) is 12.8 Å². The highest BCUT2D eigenvalue weighted by molar-refractivity contribution is 6.04. The summed E-state index contributed by atoms with van der Waals surface area (Å²) >= 11 is 0. The minimum Gasteiger partial charge on any atom is -0.322 e. The Kier molecular flexibility index (Phi) is 3.22. The Hall–Kier alpha value is -2.60. The first-order valence-electron chi connectivity index (χ1n) is 6.69. The van der Waals surface area contributed by atoms with Crippen LogP contribution in [0.25, 0.3) is 0 Å². The molecule has 3 rings (SSSR count). The fraction of sp³-hybridized carbons (Fsp3) is 0.176. The zero-order chi connectivity index (χ0) is 13.9. The Bertz CT molecular complexity index is 696. The molecule has 20 heavy (non-hydrogen) atoms. The normalized spacial score (nSPS) is 12.6. The van der Waals surface area contributed by atoms with Gasteiger partial charge in [0.2, 0.25) is 0 Å². The van der Waals surface area contributed by atoms with Crippen LogP contribution in [0.1, 0.15) is 33.5 Å². The number of nitriles is 1. The van der Waals surface area contributed by atoms with Gasteiger partial charge in [-0.25, -0.2) is 0 Å². The van der Waals surface area contributed by atoms with Gasteiger partial charge in [-0.3, -0.25) is 4.79 Å². The summed E-state index contributed by atoms with van der Waals surface area (Å²) < 4.78 is 0. The number of carbonyl (C=O) groups is 1. The molecule has 1 N–H and O–H groups in total. The zero-order valence-corrected chi connectivity index (χ0v) is 11.0. The quantitative estimate of drug-likeness (QED) is 0.902. The number of anilines is 1. The first-order valence-corrected chi connectivity index (χ1v) is 6.69. The van der Waals surface area contributed by atoms with Crippen LogP contribution in [-0.4, -0.2) is 5.91 Å². The molecule has 98 valence electrons. The van der Waals surface area contributed by atoms with Gasteiger partial charge < -0.3 is 5.32 Å². The second kappa shape index (κ2) is 5.18. The average molecular weight is 262 g/mol. The predicted octanol–water partition coefficient (Wildman–Crippen LogP) is 3.30. The third-order valence-corrected chi connectivity index (χ3v) is 3.63. The number of nitrogens with zero attached hydrogens (tertiary/aromatic N) is 1. The van der Waals surface area contributed by atoms with E-state index in [1.165, 1.54) is 17.5 Å². The molecule has 0 fully saturated rings. The molecule has 0 aromatic heterocycles. The number of amides is 1. The van der Waals surface area contributed by atoms with Crippen molar-refractivity contribution < 1.29 is 4.79 Å². The van der Waals surface area contributed by atoms with Crippen LogP contribution in [0, 0.1) is 11.3 Å². The molecule has 0 saturated carbocycles. The first kappa shape index (κ1) is 12.4. The molecule has 3 nitrogen and oxygen atoms in total. The van der Waals surface area contributed by atoms with Gasteiger partial charge in [0.25, 0.3) is 5.91 Å². The van der Waals surface area contributed by atoms with Gasteiger partial charge in [0.1, 0.15) is 0 Å².